The molecular formula is C13H18F2O. The average molecular weight is 228 g/mol. The second-order valence-corrected chi connectivity index (χ2v) is 4.44. The van der Waals surface area contributed by atoms with E-state index in [2.05, 4.69) is 0 Å². The Morgan fingerprint density at radius 1 is 1.25 bits per heavy atom. The van der Waals surface area contributed by atoms with Crippen LogP contribution in [0.2, 0.25) is 0 Å². The van der Waals surface area contributed by atoms with Gasteiger partial charge in [-0.1, -0.05) is 19.9 Å². The second kappa shape index (κ2) is 5.94. The molecule has 1 nitrogen and oxygen atoms in total. The first-order valence-electron chi connectivity index (χ1n) is 5.62. The summed E-state index contributed by atoms with van der Waals surface area (Å²) in [6.07, 6.45) is 1.55. The summed E-state index contributed by atoms with van der Waals surface area (Å²) in [5.74, 6) is -0.833. The van der Waals surface area contributed by atoms with E-state index in [4.69, 9.17) is 0 Å². The van der Waals surface area contributed by atoms with Crippen molar-refractivity contribution < 1.29 is 13.9 Å². The zero-order valence-electron chi connectivity index (χ0n) is 9.71. The van der Waals surface area contributed by atoms with E-state index in [9.17, 15) is 13.9 Å². The molecule has 0 spiro atoms. The topological polar surface area (TPSA) is 20.2 Å². The molecule has 1 rings (SSSR count). The molecule has 0 aliphatic rings. The molecule has 0 aliphatic carbocycles. The van der Waals surface area contributed by atoms with Gasteiger partial charge >= 0.3 is 0 Å². The number of hydrogen-bond acceptors (Lipinski definition) is 1. The van der Waals surface area contributed by atoms with Crippen LogP contribution in [0.3, 0.4) is 0 Å². The predicted molar refractivity (Wildman–Crippen MR) is 60.1 cm³/mol. The summed E-state index contributed by atoms with van der Waals surface area (Å²) < 4.78 is 25.9. The first kappa shape index (κ1) is 13.1. The molecule has 1 aromatic carbocycles. The van der Waals surface area contributed by atoms with Crippen molar-refractivity contribution in [1.82, 2.24) is 0 Å². The molecule has 0 aliphatic heterocycles. The van der Waals surface area contributed by atoms with Gasteiger partial charge in [0.15, 0.2) is 0 Å². The maximum Gasteiger partial charge on any atom is 0.129 e. The molecule has 0 radical (unpaired) electrons. The first-order chi connectivity index (χ1) is 7.50. The third kappa shape index (κ3) is 3.89. The number of aryl methyl sites for hydroxylation is 1. The Labute approximate surface area is 95.1 Å². The molecule has 0 fully saturated rings. The van der Waals surface area contributed by atoms with Gasteiger partial charge in [0.2, 0.25) is 0 Å². The summed E-state index contributed by atoms with van der Waals surface area (Å²) in [5.41, 5.74) is 0.511. The SMILES string of the molecule is CC(C)C(O)CCCc1ccc(F)cc1F. The number of rotatable bonds is 5. The molecule has 16 heavy (non-hydrogen) atoms. The normalized spacial score (nSPS) is 13.1. The predicted octanol–water partition coefficient (Wildman–Crippen LogP) is 3.30. The Kier molecular flexibility index (Phi) is 4.87. The van der Waals surface area contributed by atoms with Crippen molar-refractivity contribution in [3.05, 3.63) is 35.4 Å². The molecule has 0 amide bonds. The number of halogens is 2. The highest BCUT2D eigenvalue weighted by atomic mass is 19.1. The quantitative estimate of drug-likeness (QED) is 0.819. The highest BCUT2D eigenvalue weighted by Crippen LogP contribution is 2.15. The van der Waals surface area contributed by atoms with Gasteiger partial charge in [-0.3, -0.25) is 0 Å². The molecule has 1 N–H and O–H groups in total. The van der Waals surface area contributed by atoms with Gasteiger partial charge in [0, 0.05) is 6.07 Å². The largest absolute Gasteiger partial charge is 0.393 e. The van der Waals surface area contributed by atoms with E-state index in [0.29, 0.717) is 24.8 Å². The minimum absolute atomic E-state index is 0.220. The highest BCUT2D eigenvalue weighted by molar-refractivity contribution is 5.18. The zero-order valence-corrected chi connectivity index (χ0v) is 9.71. The van der Waals surface area contributed by atoms with Gasteiger partial charge in [-0.2, -0.15) is 0 Å². The summed E-state index contributed by atoms with van der Waals surface area (Å²) >= 11 is 0. The van der Waals surface area contributed by atoms with Crippen LogP contribution in [0.1, 0.15) is 32.3 Å². The molecule has 0 bridgehead atoms. The fourth-order valence-corrected chi connectivity index (χ4v) is 1.56. The van der Waals surface area contributed by atoms with Gasteiger partial charge in [-0.15, -0.1) is 0 Å². The Morgan fingerprint density at radius 3 is 2.50 bits per heavy atom. The minimum Gasteiger partial charge on any atom is -0.393 e. The van der Waals surface area contributed by atoms with E-state index in [1.54, 1.807) is 0 Å². The third-order valence-corrected chi connectivity index (χ3v) is 2.73. The monoisotopic (exact) mass is 228 g/mol. The smallest absolute Gasteiger partial charge is 0.129 e. The Bertz CT molecular complexity index is 337. The van der Waals surface area contributed by atoms with Crippen molar-refractivity contribution in [2.75, 3.05) is 0 Å². The first-order valence-corrected chi connectivity index (χ1v) is 5.62. The van der Waals surface area contributed by atoms with E-state index >= 15 is 0 Å². The van der Waals surface area contributed by atoms with Crippen LogP contribution in [-0.2, 0) is 6.42 Å². The van der Waals surface area contributed by atoms with E-state index in [1.165, 1.54) is 12.1 Å². The molecule has 1 unspecified atom stereocenters. The second-order valence-electron chi connectivity index (χ2n) is 4.44. The molecule has 0 heterocycles. The van der Waals surface area contributed by atoms with Gasteiger partial charge in [0.25, 0.3) is 0 Å². The average Bonchev–Trinajstić information content (AvgIpc) is 2.20. The lowest BCUT2D eigenvalue weighted by molar-refractivity contribution is 0.114. The highest BCUT2D eigenvalue weighted by Gasteiger charge is 2.09. The Hall–Kier alpha value is -0.960. The van der Waals surface area contributed by atoms with Gasteiger partial charge in [0.05, 0.1) is 6.10 Å². The summed E-state index contributed by atoms with van der Waals surface area (Å²) in [6, 6.07) is 3.62. The molecule has 0 saturated carbocycles. The van der Waals surface area contributed by atoms with Gasteiger partial charge < -0.3 is 5.11 Å². The third-order valence-electron chi connectivity index (χ3n) is 2.73. The van der Waals surface area contributed by atoms with Gasteiger partial charge in [0.1, 0.15) is 11.6 Å². The summed E-state index contributed by atoms with van der Waals surface area (Å²) in [7, 11) is 0. The fourth-order valence-electron chi connectivity index (χ4n) is 1.56. The molecular weight excluding hydrogens is 210 g/mol. The van der Waals surface area contributed by atoms with E-state index in [1.807, 2.05) is 13.8 Å². The number of benzene rings is 1. The van der Waals surface area contributed by atoms with Gasteiger partial charge in [-0.25, -0.2) is 8.78 Å². The van der Waals surface area contributed by atoms with Crippen LogP contribution >= 0.6 is 0 Å². The maximum absolute atomic E-state index is 13.2. The van der Waals surface area contributed by atoms with E-state index in [0.717, 1.165) is 6.07 Å². The standard InChI is InChI=1S/C13H18F2O/c1-9(2)13(16)5-3-4-10-6-7-11(14)8-12(10)15/h6-9,13,16H,3-5H2,1-2H3. The molecule has 0 saturated heterocycles. The summed E-state index contributed by atoms with van der Waals surface area (Å²) in [5, 5.41) is 9.56. The van der Waals surface area contributed by atoms with Crippen molar-refractivity contribution >= 4 is 0 Å². The lowest BCUT2D eigenvalue weighted by atomic mass is 9.99. The van der Waals surface area contributed by atoms with Crippen molar-refractivity contribution in [2.45, 2.75) is 39.2 Å². The van der Waals surface area contributed by atoms with Gasteiger partial charge in [-0.05, 0) is 36.8 Å². The molecule has 3 heteroatoms. The summed E-state index contributed by atoms with van der Waals surface area (Å²) in [6.45, 7) is 3.90. The van der Waals surface area contributed by atoms with Crippen molar-refractivity contribution in [2.24, 2.45) is 5.92 Å². The minimum atomic E-state index is -0.552. The molecule has 1 atom stereocenters. The van der Waals surface area contributed by atoms with Crippen molar-refractivity contribution in [3.63, 3.8) is 0 Å². The molecule has 90 valence electrons. The number of aliphatic hydroxyl groups excluding tert-OH is 1. The van der Waals surface area contributed by atoms with Crippen LogP contribution < -0.4 is 0 Å². The lowest BCUT2D eigenvalue weighted by Crippen LogP contribution is -2.14. The van der Waals surface area contributed by atoms with E-state index in [-0.39, 0.29) is 12.0 Å². The lowest BCUT2D eigenvalue weighted by Gasteiger charge is -2.13. The van der Waals surface area contributed by atoms with Crippen LogP contribution in [0.15, 0.2) is 18.2 Å². The maximum atomic E-state index is 13.2. The van der Waals surface area contributed by atoms with Crippen molar-refractivity contribution in [1.29, 1.82) is 0 Å². The fraction of sp³-hybridized carbons (Fsp3) is 0.538. The summed E-state index contributed by atoms with van der Waals surface area (Å²) in [4.78, 5) is 0. The Morgan fingerprint density at radius 2 is 1.94 bits per heavy atom. The van der Waals surface area contributed by atoms with Crippen LogP contribution in [0, 0.1) is 17.6 Å². The van der Waals surface area contributed by atoms with Crippen LogP contribution in [0.5, 0.6) is 0 Å². The number of aliphatic hydroxyl groups is 1. The Balaban J connectivity index is 2.43. The van der Waals surface area contributed by atoms with E-state index < -0.39 is 11.6 Å². The van der Waals surface area contributed by atoms with Crippen LogP contribution in [-0.4, -0.2) is 11.2 Å². The molecule has 0 aromatic heterocycles. The number of hydrogen-bond donors (Lipinski definition) is 1. The molecule has 1 aromatic rings. The van der Waals surface area contributed by atoms with Crippen LogP contribution in [0.25, 0.3) is 0 Å². The zero-order chi connectivity index (χ0) is 12.1. The van der Waals surface area contributed by atoms with Crippen LogP contribution in [0.4, 0.5) is 8.78 Å². The van der Waals surface area contributed by atoms with Crippen molar-refractivity contribution in [3.8, 4) is 0 Å².